The molecule has 2 heterocycles. The van der Waals surface area contributed by atoms with E-state index in [1.165, 1.54) is 5.56 Å². The number of aromatic nitrogens is 2. The van der Waals surface area contributed by atoms with Crippen LogP contribution in [0.5, 0.6) is 0 Å². The lowest BCUT2D eigenvalue weighted by Crippen LogP contribution is -2.35. The highest BCUT2D eigenvalue weighted by molar-refractivity contribution is 5.97. The topological polar surface area (TPSA) is 58.4 Å². The first-order valence-electron chi connectivity index (χ1n) is 12.0. The fourth-order valence-corrected chi connectivity index (χ4v) is 4.85. The van der Waals surface area contributed by atoms with Crippen molar-refractivity contribution in [2.45, 2.75) is 59.4 Å². The molecule has 6 nitrogen and oxygen atoms in total. The van der Waals surface area contributed by atoms with Crippen molar-refractivity contribution in [3.63, 3.8) is 0 Å². The third-order valence-corrected chi connectivity index (χ3v) is 6.67. The van der Waals surface area contributed by atoms with Crippen molar-refractivity contribution in [1.29, 1.82) is 0 Å². The maximum atomic E-state index is 13.2. The SMILES string of the molecule is CCCN(CCC)C(=O)Cn1c(C2CC(=O)N(c3cccc(C)c3C)C2)nc2ccccc21. The fourth-order valence-electron chi connectivity index (χ4n) is 4.85. The molecule has 174 valence electrons. The Labute approximate surface area is 196 Å². The molecule has 2 aromatic carbocycles. The molecule has 1 aliphatic heterocycles. The molecule has 4 rings (SSSR count). The van der Waals surface area contributed by atoms with Gasteiger partial charge in [0.1, 0.15) is 12.4 Å². The summed E-state index contributed by atoms with van der Waals surface area (Å²) in [6, 6.07) is 14.0. The third-order valence-electron chi connectivity index (χ3n) is 6.67. The number of nitrogens with zero attached hydrogens (tertiary/aromatic N) is 4. The summed E-state index contributed by atoms with van der Waals surface area (Å²) in [6.45, 7) is 10.7. The van der Waals surface area contributed by atoms with Gasteiger partial charge < -0.3 is 14.4 Å². The Balaban J connectivity index is 1.68. The molecule has 1 fully saturated rings. The fraction of sp³-hybridized carbons (Fsp3) is 0.444. The number of carbonyl (C=O) groups excluding carboxylic acids is 2. The molecule has 33 heavy (non-hydrogen) atoms. The second kappa shape index (κ2) is 9.77. The minimum atomic E-state index is -0.0524. The summed E-state index contributed by atoms with van der Waals surface area (Å²) < 4.78 is 2.04. The van der Waals surface area contributed by atoms with Crippen LogP contribution >= 0.6 is 0 Å². The molecule has 1 aromatic heterocycles. The van der Waals surface area contributed by atoms with E-state index in [1.807, 2.05) is 50.8 Å². The molecule has 0 aliphatic carbocycles. The minimum absolute atomic E-state index is 0.0524. The number of anilines is 1. The van der Waals surface area contributed by atoms with Crippen molar-refractivity contribution < 1.29 is 9.59 Å². The van der Waals surface area contributed by atoms with E-state index in [0.29, 0.717) is 13.0 Å². The van der Waals surface area contributed by atoms with E-state index >= 15 is 0 Å². The summed E-state index contributed by atoms with van der Waals surface area (Å²) in [5, 5.41) is 0. The van der Waals surface area contributed by atoms with Gasteiger partial charge in [-0.15, -0.1) is 0 Å². The maximum absolute atomic E-state index is 13.2. The summed E-state index contributed by atoms with van der Waals surface area (Å²) >= 11 is 0. The predicted molar refractivity (Wildman–Crippen MR) is 133 cm³/mol. The van der Waals surface area contributed by atoms with Gasteiger partial charge in [0, 0.05) is 37.7 Å². The van der Waals surface area contributed by atoms with Gasteiger partial charge >= 0.3 is 0 Å². The summed E-state index contributed by atoms with van der Waals surface area (Å²) in [4.78, 5) is 35.0. The number of hydrogen-bond donors (Lipinski definition) is 0. The molecule has 0 saturated carbocycles. The zero-order chi connectivity index (χ0) is 23.5. The second-order valence-corrected chi connectivity index (χ2v) is 9.05. The van der Waals surface area contributed by atoms with E-state index in [-0.39, 0.29) is 24.3 Å². The van der Waals surface area contributed by atoms with Crippen LogP contribution in [-0.4, -0.2) is 45.9 Å². The highest BCUT2D eigenvalue weighted by Gasteiger charge is 2.36. The van der Waals surface area contributed by atoms with E-state index in [9.17, 15) is 9.59 Å². The van der Waals surface area contributed by atoms with Gasteiger partial charge in [0.15, 0.2) is 0 Å². The number of para-hydroxylation sites is 2. The molecule has 0 radical (unpaired) electrons. The van der Waals surface area contributed by atoms with E-state index in [1.54, 1.807) is 0 Å². The molecule has 1 atom stereocenters. The molecule has 0 N–H and O–H groups in total. The Morgan fingerprint density at radius 1 is 1.06 bits per heavy atom. The van der Waals surface area contributed by atoms with Crippen LogP contribution in [0.1, 0.15) is 56.0 Å². The third kappa shape index (κ3) is 4.52. The van der Waals surface area contributed by atoms with E-state index < -0.39 is 0 Å². The molecule has 0 spiro atoms. The Hall–Kier alpha value is -3.15. The summed E-state index contributed by atoms with van der Waals surface area (Å²) in [7, 11) is 0. The van der Waals surface area contributed by atoms with Crippen LogP contribution in [0.15, 0.2) is 42.5 Å². The van der Waals surface area contributed by atoms with Crippen molar-refractivity contribution in [2.24, 2.45) is 0 Å². The second-order valence-electron chi connectivity index (χ2n) is 9.05. The summed E-state index contributed by atoms with van der Waals surface area (Å²) in [5.74, 6) is 0.998. The highest BCUT2D eigenvalue weighted by atomic mass is 16.2. The van der Waals surface area contributed by atoms with Crippen molar-refractivity contribution in [3.05, 3.63) is 59.4 Å². The van der Waals surface area contributed by atoms with Crippen molar-refractivity contribution >= 4 is 28.5 Å². The van der Waals surface area contributed by atoms with E-state index in [0.717, 1.165) is 54.0 Å². The molecular formula is C27H34N4O2. The highest BCUT2D eigenvalue weighted by Crippen LogP contribution is 2.35. The van der Waals surface area contributed by atoms with E-state index in [4.69, 9.17) is 4.98 Å². The van der Waals surface area contributed by atoms with Crippen molar-refractivity contribution in [2.75, 3.05) is 24.5 Å². The molecule has 1 unspecified atom stereocenters. The van der Waals surface area contributed by atoms with Crippen LogP contribution in [0.3, 0.4) is 0 Å². The number of benzene rings is 2. The normalized spacial score (nSPS) is 16.1. The van der Waals surface area contributed by atoms with Gasteiger partial charge in [0.2, 0.25) is 11.8 Å². The van der Waals surface area contributed by atoms with Crippen LogP contribution in [0, 0.1) is 13.8 Å². The summed E-state index contributed by atoms with van der Waals surface area (Å²) in [6.07, 6.45) is 2.27. The van der Waals surface area contributed by atoms with Crippen LogP contribution in [0.4, 0.5) is 5.69 Å². The first-order valence-corrected chi connectivity index (χ1v) is 12.0. The Morgan fingerprint density at radius 2 is 1.79 bits per heavy atom. The quantitative estimate of drug-likeness (QED) is 0.498. The predicted octanol–water partition coefficient (Wildman–Crippen LogP) is 4.82. The molecule has 3 aromatic rings. The summed E-state index contributed by atoms with van der Waals surface area (Å²) in [5.41, 5.74) is 5.10. The molecule has 1 aliphatic rings. The van der Waals surface area contributed by atoms with Gasteiger partial charge in [-0.3, -0.25) is 9.59 Å². The lowest BCUT2D eigenvalue weighted by molar-refractivity contribution is -0.131. The van der Waals surface area contributed by atoms with Gasteiger partial charge in [-0.1, -0.05) is 38.1 Å². The van der Waals surface area contributed by atoms with Crippen LogP contribution in [0.2, 0.25) is 0 Å². The van der Waals surface area contributed by atoms with Crippen molar-refractivity contribution in [3.8, 4) is 0 Å². The first kappa shape index (κ1) is 23.0. The molecule has 2 amide bonds. The molecular weight excluding hydrogens is 412 g/mol. The Kier molecular flexibility index (Phi) is 6.82. The van der Waals surface area contributed by atoms with Crippen molar-refractivity contribution in [1.82, 2.24) is 14.5 Å². The number of carbonyl (C=O) groups is 2. The maximum Gasteiger partial charge on any atom is 0.242 e. The number of fused-ring (bicyclic) bond motifs is 1. The molecule has 1 saturated heterocycles. The number of amides is 2. The Morgan fingerprint density at radius 3 is 2.52 bits per heavy atom. The van der Waals surface area contributed by atoms with Gasteiger partial charge in [0.05, 0.1) is 11.0 Å². The standard InChI is InChI=1S/C27H34N4O2/c1-5-14-29(15-6-2)26(33)18-31-24-12-8-7-11-22(24)28-27(31)21-16-25(32)30(17-21)23-13-9-10-19(3)20(23)4/h7-13,21H,5-6,14-18H2,1-4H3. The number of imidazole rings is 1. The number of hydrogen-bond acceptors (Lipinski definition) is 3. The van der Waals surface area contributed by atoms with Crippen LogP contribution in [0.25, 0.3) is 11.0 Å². The van der Waals surface area contributed by atoms with Crippen LogP contribution < -0.4 is 4.90 Å². The molecule has 0 bridgehead atoms. The lowest BCUT2D eigenvalue weighted by Gasteiger charge is -2.23. The van der Waals surface area contributed by atoms with Gasteiger partial charge in [-0.2, -0.15) is 0 Å². The van der Waals surface area contributed by atoms with Crippen LogP contribution in [-0.2, 0) is 16.1 Å². The average Bonchev–Trinajstić information content (AvgIpc) is 3.36. The minimum Gasteiger partial charge on any atom is -0.341 e. The van der Waals surface area contributed by atoms with Gasteiger partial charge in [0.25, 0.3) is 0 Å². The molecule has 6 heteroatoms. The smallest absolute Gasteiger partial charge is 0.242 e. The Bertz CT molecular complexity index is 1160. The largest absolute Gasteiger partial charge is 0.341 e. The zero-order valence-electron chi connectivity index (χ0n) is 20.2. The van der Waals surface area contributed by atoms with E-state index in [2.05, 4.69) is 33.8 Å². The first-order chi connectivity index (χ1) is 15.9. The number of rotatable bonds is 8. The van der Waals surface area contributed by atoms with Gasteiger partial charge in [-0.05, 0) is 56.0 Å². The lowest BCUT2D eigenvalue weighted by atomic mass is 10.1. The van der Waals surface area contributed by atoms with Gasteiger partial charge in [-0.25, -0.2) is 4.98 Å². The average molecular weight is 447 g/mol. The number of aryl methyl sites for hydroxylation is 1. The monoisotopic (exact) mass is 446 g/mol. The zero-order valence-corrected chi connectivity index (χ0v) is 20.2.